The zero-order valence-electron chi connectivity index (χ0n) is 20.2. The SMILES string of the molecule is COc1ccc(N(CC(=O)N2CCN(CC(=O)NC(C)(C)C)CC2)Cc2ccccc2)cc1. The largest absolute Gasteiger partial charge is 0.497 e. The van der Waals surface area contributed by atoms with E-state index < -0.39 is 0 Å². The second-order valence-electron chi connectivity index (χ2n) is 9.49. The van der Waals surface area contributed by atoms with E-state index in [1.165, 1.54) is 0 Å². The number of amides is 2. The number of piperazine rings is 1. The van der Waals surface area contributed by atoms with E-state index in [1.54, 1.807) is 7.11 Å². The molecule has 3 rings (SSSR count). The van der Waals surface area contributed by atoms with Crippen LogP contribution in [0.15, 0.2) is 54.6 Å². The maximum atomic E-state index is 13.2. The Morgan fingerprint density at radius 3 is 2.18 bits per heavy atom. The number of nitrogens with one attached hydrogen (secondary N) is 1. The summed E-state index contributed by atoms with van der Waals surface area (Å²) in [6.07, 6.45) is 0. The van der Waals surface area contributed by atoms with Crippen molar-refractivity contribution in [2.45, 2.75) is 32.9 Å². The van der Waals surface area contributed by atoms with E-state index in [-0.39, 0.29) is 17.4 Å². The van der Waals surface area contributed by atoms with Gasteiger partial charge in [-0.2, -0.15) is 0 Å². The maximum absolute atomic E-state index is 13.2. The molecule has 0 aliphatic carbocycles. The number of ether oxygens (including phenoxy) is 1. The van der Waals surface area contributed by atoms with Crippen LogP contribution in [0.3, 0.4) is 0 Å². The number of carbonyl (C=O) groups excluding carboxylic acids is 2. The lowest BCUT2D eigenvalue weighted by atomic mass is 10.1. The summed E-state index contributed by atoms with van der Waals surface area (Å²) in [5, 5.41) is 3.00. The fraction of sp³-hybridized carbons (Fsp3) is 0.462. The predicted octanol–water partition coefficient (Wildman–Crippen LogP) is 2.76. The molecule has 0 saturated carbocycles. The minimum Gasteiger partial charge on any atom is -0.497 e. The van der Waals surface area contributed by atoms with Gasteiger partial charge in [-0.15, -0.1) is 0 Å². The van der Waals surface area contributed by atoms with Gasteiger partial charge in [0, 0.05) is 44.0 Å². The number of hydrogen-bond acceptors (Lipinski definition) is 5. The molecule has 2 amide bonds. The van der Waals surface area contributed by atoms with Gasteiger partial charge in [0.2, 0.25) is 11.8 Å². The molecule has 1 saturated heterocycles. The molecular weight excluding hydrogens is 416 g/mol. The predicted molar refractivity (Wildman–Crippen MR) is 131 cm³/mol. The molecule has 7 nitrogen and oxygen atoms in total. The quantitative estimate of drug-likeness (QED) is 0.667. The van der Waals surface area contributed by atoms with Crippen molar-refractivity contribution < 1.29 is 14.3 Å². The molecule has 1 heterocycles. The third kappa shape index (κ3) is 7.79. The Balaban J connectivity index is 1.59. The Morgan fingerprint density at radius 1 is 0.970 bits per heavy atom. The Kier molecular flexibility index (Phi) is 8.33. The lowest BCUT2D eigenvalue weighted by Gasteiger charge is -2.36. The van der Waals surface area contributed by atoms with Crippen molar-refractivity contribution in [3.05, 3.63) is 60.2 Å². The summed E-state index contributed by atoms with van der Waals surface area (Å²) in [5.74, 6) is 0.910. The van der Waals surface area contributed by atoms with Gasteiger partial charge in [0.1, 0.15) is 5.75 Å². The van der Waals surface area contributed by atoms with E-state index in [2.05, 4.69) is 27.2 Å². The van der Waals surface area contributed by atoms with E-state index in [4.69, 9.17) is 4.74 Å². The van der Waals surface area contributed by atoms with Gasteiger partial charge in [-0.25, -0.2) is 0 Å². The van der Waals surface area contributed by atoms with Crippen LogP contribution in [0.25, 0.3) is 0 Å². The highest BCUT2D eigenvalue weighted by atomic mass is 16.5. The van der Waals surface area contributed by atoms with Gasteiger partial charge in [-0.3, -0.25) is 14.5 Å². The van der Waals surface area contributed by atoms with Gasteiger partial charge in [0.05, 0.1) is 20.2 Å². The van der Waals surface area contributed by atoms with Crippen LogP contribution >= 0.6 is 0 Å². The average Bonchev–Trinajstić information content (AvgIpc) is 2.78. The zero-order valence-corrected chi connectivity index (χ0v) is 20.2. The van der Waals surface area contributed by atoms with Crippen LogP contribution in [0.2, 0.25) is 0 Å². The molecule has 33 heavy (non-hydrogen) atoms. The van der Waals surface area contributed by atoms with Crippen molar-refractivity contribution in [3.63, 3.8) is 0 Å². The molecule has 2 aromatic rings. The minimum absolute atomic E-state index is 0.0239. The van der Waals surface area contributed by atoms with E-state index in [9.17, 15) is 9.59 Å². The number of methoxy groups -OCH3 is 1. The molecule has 1 aliphatic rings. The molecule has 1 aliphatic heterocycles. The molecule has 0 radical (unpaired) electrons. The molecule has 0 atom stereocenters. The fourth-order valence-corrected chi connectivity index (χ4v) is 3.91. The smallest absolute Gasteiger partial charge is 0.242 e. The summed E-state index contributed by atoms with van der Waals surface area (Å²) < 4.78 is 5.28. The van der Waals surface area contributed by atoms with Gasteiger partial charge >= 0.3 is 0 Å². The van der Waals surface area contributed by atoms with Crippen LogP contribution in [0.5, 0.6) is 5.75 Å². The van der Waals surface area contributed by atoms with Crippen molar-refractivity contribution in [1.29, 1.82) is 0 Å². The number of anilines is 1. The number of carbonyl (C=O) groups is 2. The molecule has 0 spiro atoms. The summed E-state index contributed by atoms with van der Waals surface area (Å²) in [6.45, 7) is 9.90. The lowest BCUT2D eigenvalue weighted by Crippen LogP contribution is -2.54. The van der Waals surface area contributed by atoms with Crippen molar-refractivity contribution in [1.82, 2.24) is 15.1 Å². The summed E-state index contributed by atoms with van der Waals surface area (Å²) in [5.41, 5.74) is 1.89. The highest BCUT2D eigenvalue weighted by Crippen LogP contribution is 2.21. The van der Waals surface area contributed by atoms with Gasteiger partial charge in [-0.1, -0.05) is 30.3 Å². The number of hydrogen-bond donors (Lipinski definition) is 1. The van der Waals surface area contributed by atoms with Crippen LogP contribution in [-0.2, 0) is 16.1 Å². The second-order valence-corrected chi connectivity index (χ2v) is 9.49. The van der Waals surface area contributed by atoms with Crippen LogP contribution in [0.4, 0.5) is 5.69 Å². The van der Waals surface area contributed by atoms with Gasteiger partial charge in [0.15, 0.2) is 0 Å². The third-order valence-corrected chi connectivity index (χ3v) is 5.59. The standard InChI is InChI=1S/C26H36N4O3/c1-26(2,3)27-24(31)19-28-14-16-29(17-15-28)25(32)20-30(18-21-8-6-5-7-9-21)22-10-12-23(33-4)13-11-22/h5-13H,14-20H2,1-4H3,(H,27,31). The summed E-state index contributed by atoms with van der Waals surface area (Å²) in [6, 6.07) is 18.0. The Bertz CT molecular complexity index is 901. The lowest BCUT2D eigenvalue weighted by molar-refractivity contribution is -0.132. The molecule has 7 heteroatoms. The molecule has 0 bridgehead atoms. The second kappa shape index (κ2) is 11.2. The van der Waals surface area contributed by atoms with Crippen molar-refractivity contribution in [2.24, 2.45) is 0 Å². The van der Waals surface area contributed by atoms with Crippen molar-refractivity contribution >= 4 is 17.5 Å². The first-order valence-corrected chi connectivity index (χ1v) is 11.5. The van der Waals surface area contributed by atoms with Gasteiger partial charge in [0.25, 0.3) is 0 Å². The van der Waals surface area contributed by atoms with E-state index in [1.807, 2.05) is 68.1 Å². The van der Waals surface area contributed by atoms with Crippen molar-refractivity contribution in [3.8, 4) is 5.75 Å². The van der Waals surface area contributed by atoms with Gasteiger partial charge < -0.3 is 19.9 Å². The minimum atomic E-state index is -0.238. The highest BCUT2D eigenvalue weighted by molar-refractivity contribution is 5.82. The number of benzene rings is 2. The molecule has 0 unspecified atom stereocenters. The Morgan fingerprint density at radius 2 is 1.61 bits per heavy atom. The third-order valence-electron chi connectivity index (χ3n) is 5.59. The number of nitrogens with zero attached hydrogens (tertiary/aromatic N) is 3. The van der Waals surface area contributed by atoms with Crippen LogP contribution in [0, 0.1) is 0 Å². The fourth-order valence-electron chi connectivity index (χ4n) is 3.91. The highest BCUT2D eigenvalue weighted by Gasteiger charge is 2.25. The first-order valence-electron chi connectivity index (χ1n) is 11.5. The maximum Gasteiger partial charge on any atom is 0.242 e. The molecule has 0 aromatic heterocycles. The Labute approximate surface area is 197 Å². The van der Waals surface area contributed by atoms with Crippen molar-refractivity contribution in [2.75, 3.05) is 51.3 Å². The average molecular weight is 453 g/mol. The summed E-state index contributed by atoms with van der Waals surface area (Å²) in [4.78, 5) is 31.5. The molecule has 1 N–H and O–H groups in total. The molecule has 2 aromatic carbocycles. The number of rotatable bonds is 8. The first-order chi connectivity index (χ1) is 15.7. The molecule has 1 fully saturated rings. The molecule has 178 valence electrons. The summed E-state index contributed by atoms with van der Waals surface area (Å²) >= 11 is 0. The van der Waals surface area contributed by atoms with Crippen LogP contribution in [0.1, 0.15) is 26.3 Å². The Hall–Kier alpha value is -3.06. The monoisotopic (exact) mass is 452 g/mol. The van der Waals surface area contributed by atoms with Crippen LogP contribution in [-0.4, -0.2) is 73.5 Å². The first kappa shape index (κ1) is 24.6. The topological polar surface area (TPSA) is 65.1 Å². The van der Waals surface area contributed by atoms with Crippen LogP contribution < -0.4 is 15.0 Å². The normalized spacial score (nSPS) is 14.6. The summed E-state index contributed by atoms with van der Waals surface area (Å²) in [7, 11) is 1.65. The van der Waals surface area contributed by atoms with Gasteiger partial charge in [-0.05, 0) is 50.6 Å². The molecular formula is C26H36N4O3. The van der Waals surface area contributed by atoms with E-state index in [0.717, 1.165) is 17.0 Å². The zero-order chi connectivity index (χ0) is 23.8. The van der Waals surface area contributed by atoms with E-state index >= 15 is 0 Å². The van der Waals surface area contributed by atoms with E-state index in [0.29, 0.717) is 45.8 Å².